The molecule has 164 valence electrons. The molecule has 1 heterocycles. The minimum absolute atomic E-state index is 0.181. The highest BCUT2D eigenvalue weighted by molar-refractivity contribution is 9.11. The van der Waals surface area contributed by atoms with Crippen LogP contribution in [-0.2, 0) is 27.9 Å². The first-order valence-corrected chi connectivity index (χ1v) is 12.5. The summed E-state index contributed by atoms with van der Waals surface area (Å²) in [5, 5.41) is 0. The zero-order chi connectivity index (χ0) is 21.8. The van der Waals surface area contributed by atoms with Crippen molar-refractivity contribution in [2.45, 2.75) is 36.9 Å². The number of hydrogen-bond donors (Lipinski definition) is 0. The average Bonchev–Trinajstić information content (AvgIpc) is 2.76. The van der Waals surface area contributed by atoms with E-state index in [1.54, 1.807) is 28.6 Å². The van der Waals surface area contributed by atoms with E-state index in [9.17, 15) is 8.42 Å². The van der Waals surface area contributed by atoms with Crippen molar-refractivity contribution >= 4 is 26.0 Å². The maximum atomic E-state index is 13.9. The van der Waals surface area contributed by atoms with Crippen molar-refractivity contribution in [3.8, 4) is 5.75 Å². The van der Waals surface area contributed by atoms with Crippen molar-refractivity contribution in [1.29, 1.82) is 0 Å². The molecule has 1 aliphatic heterocycles. The fourth-order valence-corrected chi connectivity index (χ4v) is 6.50. The van der Waals surface area contributed by atoms with Gasteiger partial charge in [-0.05, 0) is 46.5 Å². The number of halogens is 1. The van der Waals surface area contributed by atoms with E-state index in [0.29, 0.717) is 31.9 Å². The van der Waals surface area contributed by atoms with Crippen molar-refractivity contribution in [3.63, 3.8) is 0 Å². The number of methoxy groups -OCH3 is 1. The number of hydrogen-bond acceptors (Lipinski definition) is 4. The van der Waals surface area contributed by atoms with Crippen LogP contribution in [0.1, 0.15) is 24.0 Å². The number of rotatable bonds is 5. The van der Waals surface area contributed by atoms with Crippen LogP contribution >= 0.6 is 15.9 Å². The number of nitrogens with zero attached hydrogens (tertiary/aromatic N) is 1. The Morgan fingerprint density at radius 3 is 2.65 bits per heavy atom. The molecule has 0 radical (unpaired) electrons. The maximum Gasteiger partial charge on any atom is 0.247 e. The van der Waals surface area contributed by atoms with Gasteiger partial charge >= 0.3 is 0 Å². The molecule has 0 fully saturated rings. The molecule has 4 rings (SSSR count). The van der Waals surface area contributed by atoms with E-state index in [4.69, 9.17) is 9.47 Å². The molecule has 5 nitrogen and oxygen atoms in total. The third-order valence-corrected chi connectivity index (χ3v) is 8.29. The summed E-state index contributed by atoms with van der Waals surface area (Å²) in [4.78, 5) is 0.181. The summed E-state index contributed by atoms with van der Waals surface area (Å²) in [6.45, 7) is 1.13. The lowest BCUT2D eigenvalue weighted by Crippen LogP contribution is -2.44. The highest BCUT2D eigenvalue weighted by Gasteiger charge is 2.36. The molecule has 7 heteroatoms. The van der Waals surface area contributed by atoms with Crippen LogP contribution in [-0.4, -0.2) is 32.5 Å². The van der Waals surface area contributed by atoms with Crippen LogP contribution in [0.3, 0.4) is 0 Å². The quantitative estimate of drug-likeness (QED) is 0.573. The standard InChI is InChI=1S/C24H26BrNO4S/c1-29-23-11-4-5-12-24(23)31(27,28)26-15-19-8-2-3-9-20(19)16-30-17-22(26)14-18-7-6-10-21(25)13-18/h2-12,18,22H,13-17H2,1H3. The third kappa shape index (κ3) is 4.95. The predicted octanol–water partition coefficient (Wildman–Crippen LogP) is 5.03. The van der Waals surface area contributed by atoms with Gasteiger partial charge in [-0.25, -0.2) is 8.42 Å². The predicted molar refractivity (Wildman–Crippen MR) is 124 cm³/mol. The van der Waals surface area contributed by atoms with E-state index in [0.717, 1.165) is 22.0 Å². The van der Waals surface area contributed by atoms with E-state index in [-0.39, 0.29) is 16.9 Å². The van der Waals surface area contributed by atoms with Gasteiger partial charge in [0.1, 0.15) is 10.6 Å². The molecule has 2 aromatic carbocycles. The number of allylic oxidation sites excluding steroid dienone is 4. The van der Waals surface area contributed by atoms with Gasteiger partial charge < -0.3 is 9.47 Å². The van der Waals surface area contributed by atoms with Crippen LogP contribution in [0.25, 0.3) is 0 Å². The normalized spacial score (nSPS) is 22.2. The van der Waals surface area contributed by atoms with Gasteiger partial charge in [-0.2, -0.15) is 4.31 Å². The van der Waals surface area contributed by atoms with Gasteiger partial charge in [0.05, 0.1) is 20.3 Å². The van der Waals surface area contributed by atoms with Gasteiger partial charge in [0.2, 0.25) is 10.0 Å². The first kappa shape index (κ1) is 22.3. The van der Waals surface area contributed by atoms with Gasteiger partial charge in [0.25, 0.3) is 0 Å². The van der Waals surface area contributed by atoms with Crippen LogP contribution in [0.4, 0.5) is 0 Å². The van der Waals surface area contributed by atoms with E-state index in [1.165, 1.54) is 7.11 Å². The molecule has 2 aliphatic rings. The summed E-state index contributed by atoms with van der Waals surface area (Å²) >= 11 is 3.58. The van der Waals surface area contributed by atoms with Gasteiger partial charge in [0, 0.05) is 12.6 Å². The van der Waals surface area contributed by atoms with Crippen LogP contribution in [0.2, 0.25) is 0 Å². The molecule has 1 aliphatic carbocycles. The second kappa shape index (κ2) is 9.69. The minimum Gasteiger partial charge on any atom is -0.495 e. The smallest absolute Gasteiger partial charge is 0.247 e. The first-order valence-electron chi connectivity index (χ1n) is 10.3. The van der Waals surface area contributed by atoms with Gasteiger partial charge in [-0.15, -0.1) is 0 Å². The van der Waals surface area contributed by atoms with Crippen molar-refractivity contribution < 1.29 is 17.9 Å². The molecule has 2 atom stereocenters. The Hall–Kier alpha value is -1.93. The van der Waals surface area contributed by atoms with Crippen LogP contribution in [0.5, 0.6) is 5.75 Å². The molecule has 2 unspecified atom stereocenters. The molecular formula is C24H26BrNO4S. The fourth-order valence-electron chi connectivity index (χ4n) is 4.18. The van der Waals surface area contributed by atoms with Crippen molar-refractivity contribution in [3.05, 3.63) is 82.4 Å². The van der Waals surface area contributed by atoms with E-state index in [1.807, 2.05) is 36.4 Å². The highest BCUT2D eigenvalue weighted by Crippen LogP contribution is 2.34. The van der Waals surface area contributed by atoms with Crippen LogP contribution in [0.15, 0.2) is 76.1 Å². The summed E-state index contributed by atoms with van der Waals surface area (Å²) in [5.41, 5.74) is 1.98. The lowest BCUT2D eigenvalue weighted by atomic mass is 9.93. The Kier molecular flexibility index (Phi) is 6.96. The molecular weight excluding hydrogens is 478 g/mol. The monoisotopic (exact) mass is 503 g/mol. The average molecular weight is 504 g/mol. The Balaban J connectivity index is 1.74. The summed E-state index contributed by atoms with van der Waals surface area (Å²) < 4.78 is 41.9. The molecule has 0 bridgehead atoms. The number of ether oxygens (including phenoxy) is 2. The molecule has 2 aromatic rings. The van der Waals surface area contributed by atoms with Crippen molar-refractivity contribution in [1.82, 2.24) is 4.31 Å². The summed E-state index contributed by atoms with van der Waals surface area (Å²) in [6.07, 6.45) is 7.73. The van der Waals surface area contributed by atoms with E-state index >= 15 is 0 Å². The topological polar surface area (TPSA) is 55.8 Å². The Morgan fingerprint density at radius 2 is 1.87 bits per heavy atom. The van der Waals surface area contributed by atoms with Crippen molar-refractivity contribution in [2.24, 2.45) is 5.92 Å². The lowest BCUT2D eigenvalue weighted by Gasteiger charge is -2.35. The molecule has 31 heavy (non-hydrogen) atoms. The first-order chi connectivity index (χ1) is 15.0. The molecule has 0 saturated heterocycles. The largest absolute Gasteiger partial charge is 0.495 e. The van der Waals surface area contributed by atoms with Crippen LogP contribution in [0, 0.1) is 5.92 Å². The number of benzene rings is 2. The van der Waals surface area contributed by atoms with Crippen LogP contribution < -0.4 is 4.74 Å². The van der Waals surface area contributed by atoms with Crippen molar-refractivity contribution in [2.75, 3.05) is 13.7 Å². The number of para-hydroxylation sites is 1. The number of sulfonamides is 1. The Labute approximate surface area is 192 Å². The molecule has 0 spiro atoms. The minimum atomic E-state index is -3.82. The number of fused-ring (bicyclic) bond motifs is 1. The maximum absolute atomic E-state index is 13.9. The highest BCUT2D eigenvalue weighted by atomic mass is 79.9. The summed E-state index contributed by atoms with van der Waals surface area (Å²) in [5.74, 6) is 0.582. The van der Waals surface area contributed by atoms with E-state index in [2.05, 4.69) is 22.0 Å². The van der Waals surface area contributed by atoms with E-state index < -0.39 is 10.0 Å². The summed E-state index contributed by atoms with van der Waals surface area (Å²) in [7, 11) is -2.33. The zero-order valence-corrected chi connectivity index (χ0v) is 19.8. The SMILES string of the molecule is COc1ccccc1S(=O)(=O)N1Cc2ccccc2COCC1CC1C=CC=C(Br)C1. The molecule has 0 N–H and O–H groups in total. The van der Waals surface area contributed by atoms with Gasteiger partial charge in [0.15, 0.2) is 0 Å². The lowest BCUT2D eigenvalue weighted by molar-refractivity contribution is 0.0604. The molecule has 0 aromatic heterocycles. The summed E-state index contributed by atoms with van der Waals surface area (Å²) in [6, 6.07) is 14.4. The molecule has 0 amide bonds. The zero-order valence-electron chi connectivity index (χ0n) is 17.4. The Morgan fingerprint density at radius 1 is 1.13 bits per heavy atom. The molecule has 0 saturated carbocycles. The second-order valence-corrected chi connectivity index (χ2v) is 10.7. The fraction of sp³-hybridized carbons (Fsp3) is 0.333. The second-order valence-electron chi connectivity index (χ2n) is 7.84. The third-order valence-electron chi connectivity index (χ3n) is 5.77. The van der Waals surface area contributed by atoms with Gasteiger partial charge in [-0.1, -0.05) is 70.6 Å². The Bertz CT molecular complexity index is 1100. The van der Waals surface area contributed by atoms with Gasteiger partial charge in [-0.3, -0.25) is 0 Å².